The molecule has 0 amide bonds. The van der Waals surface area contributed by atoms with Crippen molar-refractivity contribution in [3.63, 3.8) is 0 Å². The number of aromatic nitrogens is 2. The number of nitrogens with zero attached hydrogens (tertiary/aromatic N) is 2. The fourth-order valence-corrected chi connectivity index (χ4v) is 3.42. The highest BCUT2D eigenvalue weighted by molar-refractivity contribution is 7.19. The topological polar surface area (TPSA) is 70.1 Å². The normalized spacial score (nSPS) is 11.4. The first-order chi connectivity index (χ1) is 12.2. The summed E-state index contributed by atoms with van der Waals surface area (Å²) in [4.78, 5) is 16.6. The van der Waals surface area contributed by atoms with Crippen LogP contribution in [0.3, 0.4) is 0 Å². The van der Waals surface area contributed by atoms with E-state index in [-0.39, 0.29) is 11.2 Å². The number of hydrogen-bond acceptors (Lipinski definition) is 5. The maximum Gasteiger partial charge on any atom is 0.274 e. The first kappa shape index (κ1) is 17.2. The summed E-state index contributed by atoms with van der Waals surface area (Å²) in [5.74, 6) is 0.745. The molecule has 2 N–H and O–H groups in total. The molecular formula is C18H18FN3O2S. The lowest BCUT2D eigenvalue weighted by Crippen LogP contribution is -2.22. The Balaban J connectivity index is 1.80. The minimum absolute atomic E-state index is 0.217. The highest BCUT2D eigenvalue weighted by atomic mass is 32.1. The van der Waals surface area contributed by atoms with Gasteiger partial charge in [-0.3, -0.25) is 4.79 Å². The molecule has 0 spiro atoms. The number of rotatable bonds is 7. The lowest BCUT2D eigenvalue weighted by molar-refractivity contribution is 0.329. The highest BCUT2D eigenvalue weighted by Crippen LogP contribution is 2.31. The molecule has 0 bridgehead atoms. The molecule has 1 aromatic carbocycles. The van der Waals surface area contributed by atoms with Gasteiger partial charge in [-0.2, -0.15) is 0 Å². The van der Waals surface area contributed by atoms with Crippen molar-refractivity contribution in [3.8, 4) is 5.75 Å². The van der Waals surface area contributed by atoms with Gasteiger partial charge in [0.2, 0.25) is 0 Å². The molecule has 130 valence electrons. The average molecular weight is 359 g/mol. The first-order valence-electron chi connectivity index (χ1n) is 7.86. The molecule has 2 aromatic heterocycles. The predicted octanol–water partition coefficient (Wildman–Crippen LogP) is 3.38. The van der Waals surface area contributed by atoms with Crippen LogP contribution in [0, 0.1) is 0 Å². The third kappa shape index (κ3) is 4.06. The summed E-state index contributed by atoms with van der Waals surface area (Å²) in [6.07, 6.45) is 5.56. The number of allylic oxidation sites excluding steroid dienone is 1. The van der Waals surface area contributed by atoms with Gasteiger partial charge in [0.1, 0.15) is 17.4 Å². The van der Waals surface area contributed by atoms with Crippen LogP contribution in [0.5, 0.6) is 5.75 Å². The third-order valence-electron chi connectivity index (χ3n) is 3.58. The summed E-state index contributed by atoms with van der Waals surface area (Å²) in [5, 5.41) is 0.802. The minimum Gasteiger partial charge on any atom is -0.492 e. The van der Waals surface area contributed by atoms with E-state index < -0.39 is 6.67 Å². The van der Waals surface area contributed by atoms with Crippen LogP contribution in [0.25, 0.3) is 10.2 Å². The Morgan fingerprint density at radius 3 is 3.00 bits per heavy atom. The van der Waals surface area contributed by atoms with E-state index in [2.05, 4.69) is 4.98 Å². The van der Waals surface area contributed by atoms with E-state index in [9.17, 15) is 9.18 Å². The Hall–Kier alpha value is -2.67. The number of thiazole rings is 1. The van der Waals surface area contributed by atoms with E-state index in [4.69, 9.17) is 10.5 Å². The van der Waals surface area contributed by atoms with Gasteiger partial charge in [0.05, 0.1) is 29.1 Å². The van der Waals surface area contributed by atoms with Crippen LogP contribution in [0.2, 0.25) is 0 Å². The molecule has 2 heterocycles. The number of benzene rings is 1. The Bertz CT molecular complexity index is 949. The van der Waals surface area contributed by atoms with Crippen LogP contribution in [0.15, 0.2) is 53.5 Å². The number of nitrogen functional groups attached to an aromatic ring is 1. The zero-order valence-electron chi connectivity index (χ0n) is 13.5. The molecule has 0 saturated heterocycles. The van der Waals surface area contributed by atoms with Crippen LogP contribution >= 0.6 is 11.3 Å². The van der Waals surface area contributed by atoms with Crippen LogP contribution in [-0.2, 0) is 6.54 Å². The molecule has 0 atom stereocenters. The smallest absolute Gasteiger partial charge is 0.274 e. The van der Waals surface area contributed by atoms with Crippen molar-refractivity contribution in [3.05, 3.63) is 64.0 Å². The molecular weight excluding hydrogens is 341 g/mol. The van der Waals surface area contributed by atoms with Crippen LogP contribution in [0.1, 0.15) is 11.4 Å². The molecule has 0 aliphatic heterocycles. The van der Waals surface area contributed by atoms with Crippen molar-refractivity contribution in [2.45, 2.75) is 13.0 Å². The number of hydrogen-bond donors (Lipinski definition) is 1. The van der Waals surface area contributed by atoms with Gasteiger partial charge >= 0.3 is 0 Å². The Morgan fingerprint density at radius 2 is 2.16 bits per heavy atom. The zero-order valence-corrected chi connectivity index (χ0v) is 14.3. The highest BCUT2D eigenvalue weighted by Gasteiger charge is 2.10. The molecule has 0 fully saturated rings. The average Bonchev–Trinajstić information content (AvgIpc) is 3.02. The quantitative estimate of drug-likeness (QED) is 0.519. The van der Waals surface area contributed by atoms with E-state index >= 15 is 0 Å². The van der Waals surface area contributed by atoms with Gasteiger partial charge in [-0.05, 0) is 30.7 Å². The predicted molar refractivity (Wildman–Crippen MR) is 99.1 cm³/mol. The minimum atomic E-state index is -0.461. The first-order valence-corrected chi connectivity index (χ1v) is 8.68. The molecule has 0 aliphatic rings. The van der Waals surface area contributed by atoms with Gasteiger partial charge in [0.15, 0.2) is 0 Å². The zero-order chi connectivity index (χ0) is 17.6. The molecule has 7 heteroatoms. The maximum atomic E-state index is 12.0. The van der Waals surface area contributed by atoms with Gasteiger partial charge < -0.3 is 15.0 Å². The van der Waals surface area contributed by atoms with Crippen molar-refractivity contribution in [2.24, 2.45) is 0 Å². The second-order valence-corrected chi connectivity index (χ2v) is 6.46. The Morgan fingerprint density at radius 1 is 1.28 bits per heavy atom. The number of halogens is 1. The summed E-state index contributed by atoms with van der Waals surface area (Å²) < 4.78 is 20.3. The molecule has 0 saturated carbocycles. The Labute approximate surface area is 148 Å². The molecule has 5 nitrogen and oxygen atoms in total. The molecule has 25 heavy (non-hydrogen) atoms. The number of fused-ring (bicyclic) bond motifs is 1. The molecule has 0 aliphatic carbocycles. The monoisotopic (exact) mass is 359 g/mol. The van der Waals surface area contributed by atoms with E-state index in [1.54, 1.807) is 24.4 Å². The maximum absolute atomic E-state index is 12.0. The second kappa shape index (κ2) is 7.94. The van der Waals surface area contributed by atoms with E-state index in [1.807, 2.05) is 18.2 Å². The Kier molecular flexibility index (Phi) is 5.45. The summed E-state index contributed by atoms with van der Waals surface area (Å²) in [5.41, 5.74) is 6.48. The van der Waals surface area contributed by atoms with Crippen LogP contribution < -0.4 is 16.0 Å². The fraction of sp³-hybridized carbons (Fsp3) is 0.222. The fourth-order valence-electron chi connectivity index (χ4n) is 2.39. The lowest BCUT2D eigenvalue weighted by atomic mass is 10.3. The third-order valence-corrected chi connectivity index (χ3v) is 4.65. The summed E-state index contributed by atoms with van der Waals surface area (Å²) in [7, 11) is 0. The molecule has 3 aromatic rings. The van der Waals surface area contributed by atoms with Gasteiger partial charge in [0, 0.05) is 6.20 Å². The summed E-state index contributed by atoms with van der Waals surface area (Å²) in [6, 6.07) is 9.00. The molecule has 3 rings (SSSR count). The largest absolute Gasteiger partial charge is 0.492 e. The van der Waals surface area contributed by atoms with Crippen molar-refractivity contribution in [1.82, 2.24) is 9.55 Å². The standard InChI is InChI=1S/C18H18FN3O2S/c19-9-2-1-3-11-24-15-8-4-7-14-17(15)25-16(21-14)12-22-10-5-6-13(20)18(22)23/h1-2,4-8,10H,3,9,11-12,20H2/b2-1-. The van der Waals surface area contributed by atoms with Crippen LogP contribution in [0.4, 0.5) is 10.1 Å². The summed E-state index contributed by atoms with van der Waals surface area (Å²) >= 11 is 1.49. The number of pyridine rings is 1. The number of alkyl halides is 1. The van der Waals surface area contributed by atoms with Crippen molar-refractivity contribution < 1.29 is 9.13 Å². The number of ether oxygens (including phenoxy) is 1. The second-order valence-electron chi connectivity index (χ2n) is 5.37. The van der Waals surface area contributed by atoms with Crippen molar-refractivity contribution in [1.29, 1.82) is 0 Å². The van der Waals surface area contributed by atoms with Gasteiger partial charge in [0.25, 0.3) is 5.56 Å². The van der Waals surface area contributed by atoms with Crippen molar-refractivity contribution >= 4 is 27.2 Å². The number of nitrogens with two attached hydrogens (primary N) is 1. The van der Waals surface area contributed by atoms with E-state index in [0.717, 1.165) is 21.0 Å². The SMILES string of the molecule is Nc1cccn(Cc2nc3cccc(OCC/C=C\CF)c3s2)c1=O. The van der Waals surface area contributed by atoms with Crippen LogP contribution in [-0.4, -0.2) is 22.8 Å². The van der Waals surface area contributed by atoms with Gasteiger partial charge in [-0.1, -0.05) is 18.2 Å². The summed E-state index contributed by atoms with van der Waals surface area (Å²) in [6.45, 7) is 0.372. The van der Waals surface area contributed by atoms with Gasteiger partial charge in [-0.15, -0.1) is 11.3 Å². The molecule has 0 radical (unpaired) electrons. The van der Waals surface area contributed by atoms with Gasteiger partial charge in [-0.25, -0.2) is 9.37 Å². The lowest BCUT2D eigenvalue weighted by Gasteiger charge is -2.04. The molecule has 0 unspecified atom stereocenters. The van der Waals surface area contributed by atoms with Crippen molar-refractivity contribution in [2.75, 3.05) is 19.0 Å². The number of anilines is 1. The van der Waals surface area contributed by atoms with E-state index in [0.29, 0.717) is 19.6 Å². The van der Waals surface area contributed by atoms with E-state index in [1.165, 1.54) is 22.0 Å².